The summed E-state index contributed by atoms with van der Waals surface area (Å²) in [5.41, 5.74) is 1.27. The predicted octanol–water partition coefficient (Wildman–Crippen LogP) is 0.622. The number of ether oxygens (including phenoxy) is 1. The number of hydrogen-bond acceptors (Lipinski definition) is 4. The fourth-order valence-electron chi connectivity index (χ4n) is 1.83. The lowest BCUT2D eigenvalue weighted by Gasteiger charge is -2.30. The fraction of sp³-hybridized carbons (Fsp3) is 0.182. The summed E-state index contributed by atoms with van der Waals surface area (Å²) in [4.78, 5) is 12.0. The minimum absolute atomic E-state index is 0.0292. The molecule has 3 rings (SSSR count). The molecule has 0 aromatic heterocycles. The van der Waals surface area contributed by atoms with Gasteiger partial charge in [-0.3, -0.25) is 10.1 Å². The van der Waals surface area contributed by atoms with Crippen molar-refractivity contribution in [2.75, 3.05) is 6.67 Å². The van der Waals surface area contributed by atoms with Crippen LogP contribution in [-0.2, 0) is 0 Å². The second-order valence-electron chi connectivity index (χ2n) is 3.51. The van der Waals surface area contributed by atoms with E-state index in [1.807, 2.05) is 18.2 Å². The van der Waals surface area contributed by atoms with Crippen LogP contribution in [0.1, 0.15) is 10.4 Å². The molecule has 2 aliphatic rings. The lowest BCUT2D eigenvalue weighted by molar-refractivity contribution is 0.0923. The number of hydrogen-bond donors (Lipinski definition) is 2. The van der Waals surface area contributed by atoms with Gasteiger partial charge in [-0.05, 0) is 12.1 Å². The van der Waals surface area contributed by atoms with Crippen molar-refractivity contribution in [3.8, 4) is 5.75 Å². The Labute approximate surface area is 86.9 Å². The molecule has 0 saturated carbocycles. The molecule has 0 spiro atoms. The Kier molecular flexibility index (Phi) is 1.76. The normalized spacial score (nSPS) is 23.1. The summed E-state index contributed by atoms with van der Waals surface area (Å²) in [6.45, 7) is 0.615. The minimum atomic E-state index is -0.311. The third-order valence-corrected chi connectivity index (χ3v) is 2.57. The minimum Gasteiger partial charge on any atom is -0.470 e. The summed E-state index contributed by atoms with van der Waals surface area (Å²) in [5, 5.41) is 6.04. The molecule has 0 bridgehead atoms. The standard InChI is InChI=1S/C11H10N2O2/c14-10-7-3-1-2-4-9(7)15-11-8(10)5-12-6-13-11/h1-5,11-13H,6H2. The number of nitrogens with one attached hydrogen (secondary N) is 2. The maximum atomic E-state index is 12.0. The van der Waals surface area contributed by atoms with Crippen molar-refractivity contribution in [1.82, 2.24) is 10.6 Å². The van der Waals surface area contributed by atoms with E-state index in [9.17, 15) is 4.79 Å². The van der Waals surface area contributed by atoms with Crippen molar-refractivity contribution in [1.29, 1.82) is 0 Å². The molecular formula is C11H10N2O2. The molecule has 1 aromatic rings. The van der Waals surface area contributed by atoms with Crippen LogP contribution in [-0.4, -0.2) is 18.7 Å². The van der Waals surface area contributed by atoms with E-state index in [-0.39, 0.29) is 12.0 Å². The molecule has 0 saturated heterocycles. The first-order chi connectivity index (χ1) is 7.36. The van der Waals surface area contributed by atoms with E-state index >= 15 is 0 Å². The number of rotatable bonds is 0. The molecule has 1 atom stereocenters. The monoisotopic (exact) mass is 202 g/mol. The predicted molar refractivity (Wildman–Crippen MR) is 54.4 cm³/mol. The first-order valence-corrected chi connectivity index (χ1v) is 4.83. The zero-order valence-corrected chi connectivity index (χ0v) is 7.99. The Bertz CT molecular complexity index is 454. The second-order valence-corrected chi connectivity index (χ2v) is 3.51. The van der Waals surface area contributed by atoms with E-state index < -0.39 is 0 Å². The largest absolute Gasteiger partial charge is 0.470 e. The topological polar surface area (TPSA) is 50.4 Å². The zero-order chi connectivity index (χ0) is 10.3. The number of benzene rings is 1. The molecule has 0 fully saturated rings. The third kappa shape index (κ3) is 1.22. The highest BCUT2D eigenvalue weighted by Gasteiger charge is 2.32. The Morgan fingerprint density at radius 3 is 3.13 bits per heavy atom. The van der Waals surface area contributed by atoms with Crippen molar-refractivity contribution in [3.63, 3.8) is 0 Å². The first kappa shape index (κ1) is 8.49. The SMILES string of the molecule is O=C1C2=CNCNC2Oc2ccccc21. The van der Waals surface area contributed by atoms with Gasteiger partial charge in [0.25, 0.3) is 0 Å². The summed E-state index contributed by atoms with van der Waals surface area (Å²) in [6, 6.07) is 7.30. The first-order valence-electron chi connectivity index (χ1n) is 4.83. The van der Waals surface area contributed by atoms with Gasteiger partial charge in [0.1, 0.15) is 5.75 Å². The Hall–Kier alpha value is -1.81. The molecule has 0 amide bonds. The van der Waals surface area contributed by atoms with E-state index in [2.05, 4.69) is 10.6 Å². The molecule has 4 heteroatoms. The van der Waals surface area contributed by atoms with Crippen molar-refractivity contribution in [2.24, 2.45) is 0 Å². The molecule has 2 aliphatic heterocycles. The number of ketones is 1. The Morgan fingerprint density at radius 2 is 2.20 bits per heavy atom. The average Bonchev–Trinajstić information content (AvgIpc) is 2.30. The maximum absolute atomic E-state index is 12.0. The van der Waals surface area contributed by atoms with Gasteiger partial charge in [0.2, 0.25) is 0 Å². The number of fused-ring (bicyclic) bond motifs is 2. The maximum Gasteiger partial charge on any atom is 0.199 e. The van der Waals surface area contributed by atoms with Gasteiger partial charge in [-0.15, -0.1) is 0 Å². The molecule has 4 nitrogen and oxygen atoms in total. The lowest BCUT2D eigenvalue weighted by Crippen LogP contribution is -2.48. The smallest absolute Gasteiger partial charge is 0.199 e. The molecule has 0 radical (unpaired) electrons. The van der Waals surface area contributed by atoms with Crippen LogP contribution >= 0.6 is 0 Å². The summed E-state index contributed by atoms with van der Waals surface area (Å²) >= 11 is 0. The molecule has 2 N–H and O–H groups in total. The summed E-state index contributed by atoms with van der Waals surface area (Å²) in [7, 11) is 0. The molecule has 15 heavy (non-hydrogen) atoms. The van der Waals surface area contributed by atoms with Crippen LogP contribution in [0.4, 0.5) is 0 Å². The van der Waals surface area contributed by atoms with Crippen LogP contribution in [0, 0.1) is 0 Å². The van der Waals surface area contributed by atoms with Crippen LogP contribution in [0.15, 0.2) is 36.0 Å². The van der Waals surface area contributed by atoms with Gasteiger partial charge in [0.05, 0.1) is 17.8 Å². The van der Waals surface area contributed by atoms with Crippen LogP contribution in [0.2, 0.25) is 0 Å². The fourth-order valence-corrected chi connectivity index (χ4v) is 1.83. The lowest BCUT2D eigenvalue weighted by atomic mass is 9.98. The zero-order valence-electron chi connectivity index (χ0n) is 7.99. The van der Waals surface area contributed by atoms with Crippen molar-refractivity contribution >= 4 is 5.78 Å². The van der Waals surface area contributed by atoms with Gasteiger partial charge in [-0.25, -0.2) is 0 Å². The van der Waals surface area contributed by atoms with Crippen LogP contribution < -0.4 is 15.4 Å². The highest BCUT2D eigenvalue weighted by atomic mass is 16.5. The third-order valence-electron chi connectivity index (χ3n) is 2.57. The van der Waals surface area contributed by atoms with E-state index in [4.69, 9.17) is 4.74 Å². The summed E-state index contributed by atoms with van der Waals surface area (Å²) in [5.74, 6) is 0.681. The van der Waals surface area contributed by atoms with E-state index in [1.54, 1.807) is 12.3 Å². The van der Waals surface area contributed by atoms with Gasteiger partial charge >= 0.3 is 0 Å². The molecule has 2 heterocycles. The number of carbonyl (C=O) groups is 1. The molecule has 1 unspecified atom stereocenters. The molecule has 76 valence electrons. The molecule has 1 aromatic carbocycles. The van der Waals surface area contributed by atoms with Crippen LogP contribution in [0.5, 0.6) is 5.75 Å². The summed E-state index contributed by atoms with van der Waals surface area (Å²) in [6.07, 6.45) is 1.41. The van der Waals surface area contributed by atoms with Crippen molar-refractivity contribution < 1.29 is 9.53 Å². The highest BCUT2D eigenvalue weighted by molar-refractivity contribution is 6.12. The number of para-hydroxylation sites is 1. The quantitative estimate of drug-likeness (QED) is 0.647. The van der Waals surface area contributed by atoms with Gasteiger partial charge in [0, 0.05) is 6.20 Å². The Morgan fingerprint density at radius 1 is 1.33 bits per heavy atom. The molecular weight excluding hydrogens is 192 g/mol. The summed E-state index contributed by atoms with van der Waals surface area (Å²) < 4.78 is 5.67. The van der Waals surface area contributed by atoms with Crippen LogP contribution in [0.3, 0.4) is 0 Å². The van der Waals surface area contributed by atoms with E-state index in [0.29, 0.717) is 23.6 Å². The second kappa shape index (κ2) is 3.10. The molecule has 0 aliphatic carbocycles. The van der Waals surface area contributed by atoms with E-state index in [1.165, 1.54) is 0 Å². The van der Waals surface area contributed by atoms with Crippen molar-refractivity contribution in [3.05, 3.63) is 41.6 Å². The van der Waals surface area contributed by atoms with Gasteiger partial charge in [-0.2, -0.15) is 0 Å². The Balaban J connectivity index is 2.12. The van der Waals surface area contributed by atoms with Crippen molar-refractivity contribution in [2.45, 2.75) is 6.23 Å². The van der Waals surface area contributed by atoms with Gasteiger partial charge in [-0.1, -0.05) is 12.1 Å². The number of carbonyl (C=O) groups excluding carboxylic acids is 1. The highest BCUT2D eigenvalue weighted by Crippen LogP contribution is 2.29. The van der Waals surface area contributed by atoms with Gasteiger partial charge in [0.15, 0.2) is 12.0 Å². The van der Waals surface area contributed by atoms with Crippen LogP contribution in [0.25, 0.3) is 0 Å². The van der Waals surface area contributed by atoms with E-state index in [0.717, 1.165) is 0 Å². The van der Waals surface area contributed by atoms with Gasteiger partial charge < -0.3 is 10.1 Å². The average molecular weight is 202 g/mol. The number of Topliss-reactive ketones (excluding diaryl/α,β-unsaturated/α-hetero) is 1.